The van der Waals surface area contributed by atoms with Gasteiger partial charge in [0.1, 0.15) is 17.9 Å². The van der Waals surface area contributed by atoms with Crippen molar-refractivity contribution in [3.63, 3.8) is 0 Å². The summed E-state index contributed by atoms with van der Waals surface area (Å²) in [6.07, 6.45) is -2.03. The molecular weight excluding hydrogens is 377 g/mol. The molecule has 0 N–H and O–H groups in total. The van der Waals surface area contributed by atoms with E-state index < -0.39 is 29.7 Å². The van der Waals surface area contributed by atoms with Crippen LogP contribution in [0.5, 0.6) is 0 Å². The quantitative estimate of drug-likeness (QED) is 0.774. The fourth-order valence-electron chi connectivity index (χ4n) is 3.80. The van der Waals surface area contributed by atoms with Gasteiger partial charge in [-0.15, -0.1) is 0 Å². The molecule has 10 heteroatoms. The van der Waals surface area contributed by atoms with E-state index in [1.165, 1.54) is 7.05 Å². The number of halogens is 3. The molecule has 1 saturated heterocycles. The van der Waals surface area contributed by atoms with E-state index in [1.54, 1.807) is 4.90 Å². The third-order valence-corrected chi connectivity index (χ3v) is 5.25. The molecule has 152 valence electrons. The van der Waals surface area contributed by atoms with Crippen molar-refractivity contribution in [3.8, 4) is 0 Å². The number of likely N-dealkylation sites (tertiary alicyclic amines) is 1. The number of hydrogen-bond donors (Lipinski definition) is 0. The normalized spacial score (nSPS) is 20.6. The predicted molar refractivity (Wildman–Crippen MR) is 95.9 cm³/mol. The highest BCUT2D eigenvalue weighted by Crippen LogP contribution is 2.28. The van der Waals surface area contributed by atoms with Crippen LogP contribution in [0.3, 0.4) is 0 Å². The zero-order valence-corrected chi connectivity index (χ0v) is 15.8. The molecule has 0 spiro atoms. The molecule has 1 amide bonds. The van der Waals surface area contributed by atoms with Gasteiger partial charge >= 0.3 is 11.9 Å². The number of nitrogens with zero attached hydrogens (tertiary/aromatic N) is 4. The van der Waals surface area contributed by atoms with E-state index in [0.29, 0.717) is 6.07 Å². The zero-order chi connectivity index (χ0) is 20.8. The summed E-state index contributed by atoms with van der Waals surface area (Å²) in [6.45, 7) is 3.37. The van der Waals surface area contributed by atoms with Crippen LogP contribution in [0.2, 0.25) is 0 Å². The number of alkyl halides is 3. The van der Waals surface area contributed by atoms with Crippen molar-refractivity contribution in [2.45, 2.75) is 57.9 Å². The summed E-state index contributed by atoms with van der Waals surface area (Å²) in [6, 6.07) is 1.66. The minimum absolute atomic E-state index is 0.00716. The van der Waals surface area contributed by atoms with Gasteiger partial charge in [-0.05, 0) is 45.2 Å². The molecular formula is C18H21F3N4O3. The average Bonchev–Trinajstić information content (AvgIpc) is 2.62. The Labute approximate surface area is 158 Å². The molecule has 2 atom stereocenters. The molecule has 0 aromatic carbocycles. The molecule has 2 aromatic heterocycles. The summed E-state index contributed by atoms with van der Waals surface area (Å²) >= 11 is 0. The second kappa shape index (κ2) is 7.06. The summed E-state index contributed by atoms with van der Waals surface area (Å²) in [4.78, 5) is 43.2. The van der Waals surface area contributed by atoms with Crippen LogP contribution in [0.4, 0.5) is 13.2 Å². The summed E-state index contributed by atoms with van der Waals surface area (Å²) in [5.41, 5.74) is -3.27. The van der Waals surface area contributed by atoms with Gasteiger partial charge in [-0.2, -0.15) is 13.2 Å². The highest BCUT2D eigenvalue weighted by molar-refractivity contribution is 5.78. The minimum Gasteiger partial charge on any atom is -0.336 e. The Morgan fingerprint density at radius 2 is 1.79 bits per heavy atom. The lowest BCUT2D eigenvalue weighted by atomic mass is 9.97. The topological polar surface area (TPSA) is 77.2 Å². The average molecular weight is 398 g/mol. The number of carbonyl (C=O) groups excluding carboxylic acids is 1. The van der Waals surface area contributed by atoms with Crippen LogP contribution < -0.4 is 11.2 Å². The summed E-state index contributed by atoms with van der Waals surface area (Å²) in [5, 5.41) is -0.150. The third kappa shape index (κ3) is 3.43. The molecule has 0 bridgehead atoms. The number of amides is 1. The van der Waals surface area contributed by atoms with E-state index in [9.17, 15) is 27.6 Å². The van der Waals surface area contributed by atoms with Gasteiger partial charge < -0.3 is 4.90 Å². The first-order valence-electron chi connectivity index (χ1n) is 9.01. The SMILES string of the molecule is CC1CCCC(C)N1C(=O)Cn1c(=O)c2ccc(C(F)(F)F)nc2n(C)c1=O. The maximum Gasteiger partial charge on any atom is 0.433 e. The second-order valence-corrected chi connectivity index (χ2v) is 7.23. The van der Waals surface area contributed by atoms with Crippen molar-refractivity contribution in [1.82, 2.24) is 19.0 Å². The van der Waals surface area contributed by atoms with Crippen LogP contribution >= 0.6 is 0 Å². The fourth-order valence-corrected chi connectivity index (χ4v) is 3.80. The van der Waals surface area contributed by atoms with Crippen LogP contribution in [-0.4, -0.2) is 37.0 Å². The Morgan fingerprint density at radius 1 is 1.18 bits per heavy atom. The van der Waals surface area contributed by atoms with Crippen LogP contribution in [0.1, 0.15) is 38.8 Å². The highest BCUT2D eigenvalue weighted by Gasteiger charge is 2.33. The van der Waals surface area contributed by atoms with Crippen molar-refractivity contribution >= 4 is 16.9 Å². The maximum atomic E-state index is 12.9. The predicted octanol–water partition coefficient (Wildman–Crippen LogP) is 1.90. The zero-order valence-electron chi connectivity index (χ0n) is 15.8. The lowest BCUT2D eigenvalue weighted by Crippen LogP contribution is -2.51. The van der Waals surface area contributed by atoms with E-state index in [1.807, 2.05) is 13.8 Å². The van der Waals surface area contributed by atoms with Crippen molar-refractivity contribution in [2.24, 2.45) is 7.05 Å². The van der Waals surface area contributed by atoms with E-state index in [2.05, 4.69) is 4.98 Å². The Hall–Kier alpha value is -2.65. The van der Waals surface area contributed by atoms with Gasteiger partial charge in [0.15, 0.2) is 0 Å². The van der Waals surface area contributed by atoms with E-state index in [4.69, 9.17) is 0 Å². The molecule has 3 rings (SSSR count). The largest absolute Gasteiger partial charge is 0.433 e. The Kier molecular flexibility index (Phi) is 5.07. The Balaban J connectivity index is 2.06. The van der Waals surface area contributed by atoms with Crippen molar-refractivity contribution in [3.05, 3.63) is 38.7 Å². The molecule has 2 unspecified atom stereocenters. The monoisotopic (exact) mass is 398 g/mol. The van der Waals surface area contributed by atoms with Crippen molar-refractivity contribution < 1.29 is 18.0 Å². The van der Waals surface area contributed by atoms with Gasteiger partial charge in [0.25, 0.3) is 5.56 Å². The molecule has 0 radical (unpaired) electrons. The van der Waals surface area contributed by atoms with Crippen LogP contribution in [0.25, 0.3) is 11.0 Å². The summed E-state index contributed by atoms with van der Waals surface area (Å²) in [7, 11) is 1.23. The number of hydrogen-bond acceptors (Lipinski definition) is 4. The minimum atomic E-state index is -4.70. The molecule has 28 heavy (non-hydrogen) atoms. The maximum absolute atomic E-state index is 12.9. The molecule has 1 fully saturated rings. The summed E-state index contributed by atoms with van der Waals surface area (Å²) in [5.74, 6) is -0.363. The van der Waals surface area contributed by atoms with E-state index in [0.717, 1.165) is 34.5 Å². The highest BCUT2D eigenvalue weighted by atomic mass is 19.4. The van der Waals surface area contributed by atoms with Crippen molar-refractivity contribution in [1.29, 1.82) is 0 Å². The van der Waals surface area contributed by atoms with Gasteiger partial charge in [-0.1, -0.05) is 0 Å². The lowest BCUT2D eigenvalue weighted by molar-refractivity contribution is -0.141. The standard InChI is InChI=1S/C18H21F3N4O3/c1-10-5-4-6-11(2)25(10)14(26)9-24-16(27)12-7-8-13(18(19,20)21)22-15(12)23(3)17(24)28/h7-8,10-11H,4-6,9H2,1-3H3. The number of rotatable bonds is 2. The molecule has 0 saturated carbocycles. The number of pyridine rings is 1. The molecule has 1 aliphatic rings. The third-order valence-electron chi connectivity index (χ3n) is 5.25. The van der Waals surface area contributed by atoms with Gasteiger partial charge in [-0.25, -0.2) is 9.78 Å². The van der Waals surface area contributed by atoms with E-state index in [-0.39, 0.29) is 29.0 Å². The second-order valence-electron chi connectivity index (χ2n) is 7.23. The van der Waals surface area contributed by atoms with Crippen molar-refractivity contribution in [2.75, 3.05) is 0 Å². The Morgan fingerprint density at radius 3 is 2.36 bits per heavy atom. The number of aryl methyl sites for hydroxylation is 1. The first kappa shape index (κ1) is 20.1. The lowest BCUT2D eigenvalue weighted by Gasteiger charge is -2.39. The molecule has 1 aliphatic heterocycles. The van der Waals surface area contributed by atoms with Crippen LogP contribution in [-0.2, 0) is 24.6 Å². The number of carbonyl (C=O) groups is 1. The number of aromatic nitrogens is 3. The van der Waals surface area contributed by atoms with Gasteiger partial charge in [0.2, 0.25) is 5.91 Å². The fraction of sp³-hybridized carbons (Fsp3) is 0.556. The van der Waals surface area contributed by atoms with Gasteiger partial charge in [0.05, 0.1) is 5.39 Å². The van der Waals surface area contributed by atoms with E-state index >= 15 is 0 Å². The van der Waals surface area contributed by atoms with Gasteiger partial charge in [-0.3, -0.25) is 18.7 Å². The number of piperidine rings is 1. The molecule has 2 aromatic rings. The van der Waals surface area contributed by atoms with Crippen LogP contribution in [0.15, 0.2) is 21.7 Å². The van der Waals surface area contributed by atoms with Crippen LogP contribution in [0, 0.1) is 0 Å². The molecule has 0 aliphatic carbocycles. The Bertz CT molecular complexity index is 1030. The van der Waals surface area contributed by atoms with Gasteiger partial charge in [0, 0.05) is 19.1 Å². The number of fused-ring (bicyclic) bond motifs is 1. The first-order valence-corrected chi connectivity index (χ1v) is 9.01. The molecule has 3 heterocycles. The first-order chi connectivity index (χ1) is 13.0. The smallest absolute Gasteiger partial charge is 0.336 e. The summed E-state index contributed by atoms with van der Waals surface area (Å²) < 4.78 is 40.3. The molecule has 7 nitrogen and oxygen atoms in total.